The van der Waals surface area contributed by atoms with E-state index in [2.05, 4.69) is 5.32 Å². The predicted molar refractivity (Wildman–Crippen MR) is 141 cm³/mol. The third kappa shape index (κ3) is 8.45. The highest BCUT2D eigenvalue weighted by molar-refractivity contribution is 6.30. The number of nitrogens with one attached hydrogen (secondary N) is 1. The second-order valence-electron chi connectivity index (χ2n) is 8.51. The van der Waals surface area contributed by atoms with Gasteiger partial charge < -0.3 is 15.0 Å². The summed E-state index contributed by atoms with van der Waals surface area (Å²) in [5, 5.41) is 3.54. The fourth-order valence-corrected chi connectivity index (χ4v) is 3.95. The van der Waals surface area contributed by atoms with Crippen molar-refractivity contribution in [2.24, 2.45) is 0 Å². The molecule has 3 rings (SSSR count). The van der Waals surface area contributed by atoms with E-state index in [-0.39, 0.29) is 18.2 Å². The van der Waals surface area contributed by atoms with Gasteiger partial charge in [-0.2, -0.15) is 0 Å². The van der Waals surface area contributed by atoms with Crippen LogP contribution >= 0.6 is 11.6 Å². The number of ether oxygens (including phenoxy) is 1. The van der Waals surface area contributed by atoms with E-state index in [9.17, 15) is 9.59 Å². The number of hydrogen-bond acceptors (Lipinski definition) is 3. The van der Waals surface area contributed by atoms with Gasteiger partial charge in [0.1, 0.15) is 11.8 Å². The molecule has 5 nitrogen and oxygen atoms in total. The van der Waals surface area contributed by atoms with Crippen LogP contribution in [0, 0.1) is 6.92 Å². The highest BCUT2D eigenvalue weighted by Crippen LogP contribution is 2.18. The van der Waals surface area contributed by atoms with Gasteiger partial charge >= 0.3 is 0 Å². The van der Waals surface area contributed by atoms with Crippen LogP contribution in [0.2, 0.25) is 5.02 Å². The molecule has 3 aromatic rings. The molecule has 0 aliphatic carbocycles. The average molecular weight is 493 g/mol. The van der Waals surface area contributed by atoms with Gasteiger partial charge in [0.15, 0.2) is 0 Å². The zero-order chi connectivity index (χ0) is 25.0. The topological polar surface area (TPSA) is 58.6 Å². The Bertz CT molecular complexity index is 1070. The summed E-state index contributed by atoms with van der Waals surface area (Å²) in [5.41, 5.74) is 3.08. The minimum Gasteiger partial charge on any atom is -0.494 e. The van der Waals surface area contributed by atoms with Gasteiger partial charge in [-0.3, -0.25) is 9.59 Å². The van der Waals surface area contributed by atoms with Crippen LogP contribution in [-0.4, -0.2) is 35.9 Å². The lowest BCUT2D eigenvalue weighted by Crippen LogP contribution is -2.50. The number of carbonyl (C=O) groups excluding carboxylic acids is 2. The Morgan fingerprint density at radius 2 is 1.63 bits per heavy atom. The highest BCUT2D eigenvalue weighted by Gasteiger charge is 2.29. The number of aryl methyl sites for hydroxylation is 1. The molecule has 0 heterocycles. The fraction of sp³-hybridized carbons (Fsp3) is 0.310. The van der Waals surface area contributed by atoms with Crippen LogP contribution in [0.5, 0.6) is 5.75 Å². The molecule has 0 unspecified atom stereocenters. The molecule has 0 aliphatic heterocycles. The summed E-state index contributed by atoms with van der Waals surface area (Å²) in [6.07, 6.45) is 1.27. The van der Waals surface area contributed by atoms with Gasteiger partial charge in [0.05, 0.1) is 6.61 Å². The molecule has 6 heteroatoms. The number of hydrogen-bond donors (Lipinski definition) is 1. The second kappa shape index (κ2) is 13.5. The summed E-state index contributed by atoms with van der Waals surface area (Å²) in [7, 11) is 0. The van der Waals surface area contributed by atoms with Gasteiger partial charge in [0, 0.05) is 31.0 Å². The molecule has 0 aliphatic rings. The van der Waals surface area contributed by atoms with Crippen molar-refractivity contribution in [3.8, 4) is 5.75 Å². The fourth-order valence-electron chi connectivity index (χ4n) is 3.82. The Morgan fingerprint density at radius 3 is 2.29 bits per heavy atom. The molecule has 0 bridgehead atoms. The van der Waals surface area contributed by atoms with Crippen molar-refractivity contribution in [2.45, 2.75) is 45.7 Å². The van der Waals surface area contributed by atoms with Crippen molar-refractivity contribution in [1.29, 1.82) is 0 Å². The summed E-state index contributed by atoms with van der Waals surface area (Å²) in [6, 6.07) is 24.4. The normalized spacial score (nSPS) is 11.5. The zero-order valence-electron chi connectivity index (χ0n) is 20.4. The SMILES string of the molecule is CCNC(=O)[C@@H](Cc1ccccc1)N(Cc1ccc(Cl)cc1)C(=O)CCCOc1ccc(C)cc1. The van der Waals surface area contributed by atoms with Crippen LogP contribution in [0.25, 0.3) is 0 Å². The minimum atomic E-state index is -0.626. The first-order chi connectivity index (χ1) is 17.0. The number of amides is 2. The van der Waals surface area contributed by atoms with Gasteiger partial charge in [-0.05, 0) is 55.7 Å². The first-order valence-corrected chi connectivity index (χ1v) is 12.4. The average Bonchev–Trinajstić information content (AvgIpc) is 2.87. The van der Waals surface area contributed by atoms with Gasteiger partial charge in [-0.1, -0.05) is 71.8 Å². The maximum Gasteiger partial charge on any atom is 0.243 e. The maximum absolute atomic E-state index is 13.5. The number of likely N-dealkylation sites (N-methyl/N-ethyl adjacent to an activating group) is 1. The number of benzene rings is 3. The molecule has 0 spiro atoms. The molecule has 0 saturated carbocycles. The second-order valence-corrected chi connectivity index (χ2v) is 8.95. The van der Waals surface area contributed by atoms with Crippen molar-refractivity contribution < 1.29 is 14.3 Å². The molecule has 0 fully saturated rings. The van der Waals surface area contributed by atoms with Crippen LogP contribution in [-0.2, 0) is 22.6 Å². The molecular formula is C29H33ClN2O3. The number of carbonyl (C=O) groups is 2. The summed E-state index contributed by atoms with van der Waals surface area (Å²) >= 11 is 6.06. The molecule has 1 atom stereocenters. The summed E-state index contributed by atoms with van der Waals surface area (Å²) in [4.78, 5) is 28.3. The van der Waals surface area contributed by atoms with Crippen molar-refractivity contribution >= 4 is 23.4 Å². The number of rotatable bonds is 12. The Hall–Kier alpha value is -3.31. The summed E-state index contributed by atoms with van der Waals surface area (Å²) < 4.78 is 5.80. The van der Waals surface area contributed by atoms with E-state index in [1.165, 1.54) is 5.56 Å². The molecule has 1 N–H and O–H groups in total. The Kier molecular flexibility index (Phi) is 10.2. The Morgan fingerprint density at radius 1 is 0.943 bits per heavy atom. The first-order valence-electron chi connectivity index (χ1n) is 12.0. The van der Waals surface area contributed by atoms with Crippen LogP contribution in [0.15, 0.2) is 78.9 Å². The van der Waals surface area contributed by atoms with Gasteiger partial charge in [-0.25, -0.2) is 0 Å². The third-order valence-corrected chi connectivity index (χ3v) is 5.96. The maximum atomic E-state index is 13.5. The van der Waals surface area contributed by atoms with E-state index in [4.69, 9.17) is 16.3 Å². The molecule has 0 radical (unpaired) electrons. The monoisotopic (exact) mass is 492 g/mol. The van der Waals surface area contributed by atoms with E-state index in [0.29, 0.717) is 37.6 Å². The smallest absolute Gasteiger partial charge is 0.243 e. The Balaban J connectivity index is 1.75. The van der Waals surface area contributed by atoms with E-state index in [1.807, 2.05) is 80.6 Å². The standard InChI is InChI=1S/C29H33ClN2O3/c1-3-31-29(34)27(20-23-8-5-4-6-9-23)32(21-24-13-15-25(30)16-14-24)28(33)10-7-19-35-26-17-11-22(2)12-18-26/h4-6,8-9,11-18,27H,3,7,10,19-21H2,1-2H3,(H,31,34)/t27-/m1/s1. The van der Waals surface area contributed by atoms with Crippen molar-refractivity contribution in [2.75, 3.05) is 13.2 Å². The lowest BCUT2D eigenvalue weighted by atomic mass is 10.0. The molecule has 184 valence electrons. The van der Waals surface area contributed by atoms with E-state index in [0.717, 1.165) is 16.9 Å². The zero-order valence-corrected chi connectivity index (χ0v) is 21.1. The van der Waals surface area contributed by atoms with Crippen LogP contribution < -0.4 is 10.1 Å². The predicted octanol–water partition coefficient (Wildman–Crippen LogP) is 5.58. The van der Waals surface area contributed by atoms with Gasteiger partial charge in [-0.15, -0.1) is 0 Å². The van der Waals surface area contributed by atoms with Gasteiger partial charge in [0.2, 0.25) is 11.8 Å². The number of halogens is 1. The van der Waals surface area contributed by atoms with E-state index >= 15 is 0 Å². The summed E-state index contributed by atoms with van der Waals surface area (Å²) in [6.45, 7) is 5.15. The Labute approximate surface area is 213 Å². The molecular weight excluding hydrogens is 460 g/mol. The number of nitrogens with zero attached hydrogens (tertiary/aromatic N) is 1. The molecule has 2 amide bonds. The molecule has 0 saturated heterocycles. The lowest BCUT2D eigenvalue weighted by Gasteiger charge is -2.31. The quantitative estimate of drug-likeness (QED) is 0.335. The van der Waals surface area contributed by atoms with Crippen LogP contribution in [0.3, 0.4) is 0 Å². The molecule has 3 aromatic carbocycles. The molecule has 35 heavy (non-hydrogen) atoms. The van der Waals surface area contributed by atoms with E-state index < -0.39 is 6.04 Å². The highest BCUT2D eigenvalue weighted by atomic mass is 35.5. The third-order valence-electron chi connectivity index (χ3n) is 5.71. The van der Waals surface area contributed by atoms with Crippen molar-refractivity contribution in [3.05, 3.63) is 101 Å². The minimum absolute atomic E-state index is 0.0837. The largest absolute Gasteiger partial charge is 0.494 e. The first kappa shape index (κ1) is 26.3. The van der Waals surface area contributed by atoms with Crippen LogP contribution in [0.1, 0.15) is 36.5 Å². The van der Waals surface area contributed by atoms with E-state index in [1.54, 1.807) is 17.0 Å². The lowest BCUT2D eigenvalue weighted by molar-refractivity contribution is -0.141. The van der Waals surface area contributed by atoms with Crippen molar-refractivity contribution in [1.82, 2.24) is 10.2 Å². The van der Waals surface area contributed by atoms with Crippen molar-refractivity contribution in [3.63, 3.8) is 0 Å². The summed E-state index contributed by atoms with van der Waals surface area (Å²) in [5.74, 6) is 0.541. The molecule has 0 aromatic heterocycles. The van der Waals surface area contributed by atoms with Gasteiger partial charge in [0.25, 0.3) is 0 Å². The van der Waals surface area contributed by atoms with Crippen LogP contribution in [0.4, 0.5) is 0 Å².